The van der Waals surface area contributed by atoms with Crippen molar-refractivity contribution in [2.45, 2.75) is 26.7 Å². The molecule has 24 heavy (non-hydrogen) atoms. The van der Waals surface area contributed by atoms with Crippen LogP contribution in [0.5, 0.6) is 5.75 Å². The predicted octanol–water partition coefficient (Wildman–Crippen LogP) is 2.25. The van der Waals surface area contributed by atoms with Gasteiger partial charge in [0.1, 0.15) is 11.6 Å². The van der Waals surface area contributed by atoms with Crippen LogP contribution in [0.2, 0.25) is 0 Å². The molecule has 1 aromatic carbocycles. The molecule has 0 unspecified atom stereocenters. The third kappa shape index (κ3) is 3.48. The van der Waals surface area contributed by atoms with Gasteiger partial charge in [-0.1, -0.05) is 13.8 Å². The summed E-state index contributed by atoms with van der Waals surface area (Å²) in [5.41, 5.74) is 6.31. The highest BCUT2D eigenvalue weighted by Crippen LogP contribution is 2.32. The number of hydrogen-bond acceptors (Lipinski definition) is 4. The number of amides is 1. The molecule has 6 heteroatoms. The van der Waals surface area contributed by atoms with Crippen molar-refractivity contribution >= 4 is 11.6 Å². The fourth-order valence-electron chi connectivity index (χ4n) is 3.33. The number of carbonyl (C=O) groups is 1. The fraction of sp³-hybridized carbons (Fsp3) is 0.611. The fourth-order valence-corrected chi connectivity index (χ4v) is 3.33. The minimum Gasteiger partial charge on any atom is -0.494 e. The Morgan fingerprint density at radius 3 is 2.38 bits per heavy atom. The van der Waals surface area contributed by atoms with Gasteiger partial charge in [0, 0.05) is 38.8 Å². The van der Waals surface area contributed by atoms with Crippen LogP contribution in [0.25, 0.3) is 0 Å². The lowest BCUT2D eigenvalue weighted by atomic mass is 9.81. The molecule has 5 nitrogen and oxygen atoms in total. The van der Waals surface area contributed by atoms with E-state index >= 15 is 0 Å². The Balaban J connectivity index is 2.07. The summed E-state index contributed by atoms with van der Waals surface area (Å²) in [6, 6.07) is 4.55. The van der Waals surface area contributed by atoms with E-state index in [2.05, 4.69) is 4.90 Å². The molecule has 1 aliphatic heterocycles. The Bertz CT molecular complexity index is 559. The maximum Gasteiger partial charge on any atom is 0.230 e. The maximum absolute atomic E-state index is 13.4. The number of methoxy groups -OCH3 is 1. The lowest BCUT2D eigenvalue weighted by Gasteiger charge is -2.41. The van der Waals surface area contributed by atoms with E-state index in [0.717, 1.165) is 18.5 Å². The van der Waals surface area contributed by atoms with Gasteiger partial charge in [-0.25, -0.2) is 4.39 Å². The second-order valence-electron chi connectivity index (χ2n) is 6.29. The zero-order valence-electron chi connectivity index (χ0n) is 14.8. The highest BCUT2D eigenvalue weighted by atomic mass is 19.1. The summed E-state index contributed by atoms with van der Waals surface area (Å²) >= 11 is 0. The van der Waals surface area contributed by atoms with Crippen LogP contribution in [0.3, 0.4) is 0 Å². The SMILES string of the molecule is CCC(CC)(CN)C(=O)N1CCN(c2ccc(F)cc2OC)CC1. The van der Waals surface area contributed by atoms with Gasteiger partial charge in [-0.05, 0) is 25.0 Å². The summed E-state index contributed by atoms with van der Waals surface area (Å²) < 4.78 is 18.6. The first-order chi connectivity index (χ1) is 11.5. The molecule has 0 radical (unpaired) electrons. The summed E-state index contributed by atoms with van der Waals surface area (Å²) in [5.74, 6) is 0.358. The molecule has 0 saturated carbocycles. The van der Waals surface area contributed by atoms with Crippen molar-refractivity contribution in [1.82, 2.24) is 4.90 Å². The molecule has 1 amide bonds. The molecule has 1 fully saturated rings. The van der Waals surface area contributed by atoms with Crippen LogP contribution in [0, 0.1) is 11.2 Å². The summed E-state index contributed by atoms with van der Waals surface area (Å²) in [5, 5.41) is 0. The lowest BCUT2D eigenvalue weighted by Crippen LogP contribution is -2.54. The van der Waals surface area contributed by atoms with Gasteiger partial charge in [-0.3, -0.25) is 4.79 Å². The largest absolute Gasteiger partial charge is 0.494 e. The number of halogens is 1. The topological polar surface area (TPSA) is 58.8 Å². The number of ether oxygens (including phenoxy) is 1. The molecule has 0 spiro atoms. The van der Waals surface area contributed by atoms with Gasteiger partial charge in [0.2, 0.25) is 5.91 Å². The number of anilines is 1. The van der Waals surface area contributed by atoms with Crippen LogP contribution in [-0.4, -0.2) is 50.6 Å². The number of nitrogens with two attached hydrogens (primary N) is 1. The normalized spacial score (nSPS) is 15.5. The number of hydrogen-bond donors (Lipinski definition) is 1. The monoisotopic (exact) mass is 337 g/mol. The highest BCUT2D eigenvalue weighted by Gasteiger charge is 2.38. The Hall–Kier alpha value is -1.82. The molecule has 0 aliphatic carbocycles. The average Bonchev–Trinajstić information content (AvgIpc) is 2.63. The van der Waals surface area contributed by atoms with Crippen molar-refractivity contribution in [3.63, 3.8) is 0 Å². The van der Waals surface area contributed by atoms with Crippen molar-refractivity contribution in [3.8, 4) is 5.75 Å². The number of carbonyl (C=O) groups excluding carboxylic acids is 1. The second-order valence-corrected chi connectivity index (χ2v) is 6.29. The van der Waals surface area contributed by atoms with Crippen LogP contribution < -0.4 is 15.4 Å². The third-order valence-electron chi connectivity index (χ3n) is 5.25. The van der Waals surface area contributed by atoms with Crippen LogP contribution in [-0.2, 0) is 4.79 Å². The molecule has 2 N–H and O–H groups in total. The molecule has 1 aliphatic rings. The first kappa shape index (κ1) is 18.5. The maximum atomic E-state index is 13.4. The molecular formula is C18H28FN3O2. The molecule has 1 saturated heterocycles. The number of benzene rings is 1. The minimum atomic E-state index is -0.449. The van der Waals surface area contributed by atoms with Crippen molar-refractivity contribution in [2.75, 3.05) is 44.7 Å². The molecule has 1 aromatic rings. The van der Waals surface area contributed by atoms with Gasteiger partial charge in [-0.2, -0.15) is 0 Å². The van der Waals surface area contributed by atoms with Crippen LogP contribution in [0.1, 0.15) is 26.7 Å². The third-order valence-corrected chi connectivity index (χ3v) is 5.25. The van der Waals surface area contributed by atoms with Crippen molar-refractivity contribution in [1.29, 1.82) is 0 Å². The predicted molar refractivity (Wildman–Crippen MR) is 93.8 cm³/mol. The van der Waals surface area contributed by atoms with Crippen LogP contribution >= 0.6 is 0 Å². The highest BCUT2D eigenvalue weighted by molar-refractivity contribution is 5.83. The van der Waals surface area contributed by atoms with Crippen molar-refractivity contribution in [2.24, 2.45) is 11.1 Å². The molecular weight excluding hydrogens is 309 g/mol. The summed E-state index contributed by atoms with van der Waals surface area (Å²) in [6.45, 7) is 7.10. The van der Waals surface area contributed by atoms with Crippen molar-refractivity contribution < 1.29 is 13.9 Å². The van der Waals surface area contributed by atoms with Gasteiger partial charge in [0.25, 0.3) is 0 Å². The van der Waals surface area contributed by atoms with E-state index < -0.39 is 5.41 Å². The molecule has 0 atom stereocenters. The second kappa shape index (κ2) is 7.83. The minimum absolute atomic E-state index is 0.153. The summed E-state index contributed by atoms with van der Waals surface area (Å²) in [4.78, 5) is 16.9. The van der Waals surface area contributed by atoms with Gasteiger partial charge >= 0.3 is 0 Å². The quantitative estimate of drug-likeness (QED) is 0.865. The Kier molecular flexibility index (Phi) is 6.04. The molecule has 1 heterocycles. The number of nitrogens with zero attached hydrogens (tertiary/aromatic N) is 2. The van der Waals surface area contributed by atoms with Crippen LogP contribution in [0.15, 0.2) is 18.2 Å². The Morgan fingerprint density at radius 1 is 1.25 bits per heavy atom. The van der Waals surface area contributed by atoms with E-state index in [0.29, 0.717) is 38.5 Å². The first-order valence-corrected chi connectivity index (χ1v) is 8.59. The van der Waals surface area contributed by atoms with E-state index in [1.807, 2.05) is 18.7 Å². The van der Waals surface area contributed by atoms with Gasteiger partial charge in [-0.15, -0.1) is 0 Å². The van der Waals surface area contributed by atoms with E-state index in [9.17, 15) is 9.18 Å². The smallest absolute Gasteiger partial charge is 0.230 e. The Morgan fingerprint density at radius 2 is 1.88 bits per heavy atom. The van der Waals surface area contributed by atoms with E-state index in [1.54, 1.807) is 6.07 Å². The summed E-state index contributed by atoms with van der Waals surface area (Å²) in [6.07, 6.45) is 1.51. The van der Waals surface area contributed by atoms with Gasteiger partial charge < -0.3 is 20.3 Å². The van der Waals surface area contributed by atoms with Crippen molar-refractivity contribution in [3.05, 3.63) is 24.0 Å². The van der Waals surface area contributed by atoms with Gasteiger partial charge in [0.15, 0.2) is 0 Å². The van der Waals surface area contributed by atoms with Gasteiger partial charge in [0.05, 0.1) is 18.2 Å². The van der Waals surface area contributed by atoms with E-state index in [4.69, 9.17) is 10.5 Å². The molecule has 0 bridgehead atoms. The number of piperazine rings is 1. The summed E-state index contributed by atoms with van der Waals surface area (Å²) in [7, 11) is 1.54. The zero-order valence-corrected chi connectivity index (χ0v) is 14.8. The van der Waals surface area contributed by atoms with E-state index in [1.165, 1.54) is 19.2 Å². The Labute approximate surface area is 143 Å². The molecule has 0 aromatic heterocycles. The number of rotatable bonds is 6. The molecule has 2 rings (SSSR count). The first-order valence-electron chi connectivity index (χ1n) is 8.59. The average molecular weight is 337 g/mol. The standard InChI is InChI=1S/C18H28FN3O2/c1-4-18(5-2,13-20)17(23)22-10-8-21(9-11-22)15-7-6-14(19)12-16(15)24-3/h6-7,12H,4-5,8-11,13,20H2,1-3H3. The zero-order chi connectivity index (χ0) is 17.7. The van der Waals surface area contributed by atoms with Crippen LogP contribution in [0.4, 0.5) is 10.1 Å². The molecule has 134 valence electrons. The van der Waals surface area contributed by atoms with E-state index in [-0.39, 0.29) is 11.7 Å². The lowest BCUT2D eigenvalue weighted by molar-refractivity contribution is -0.142.